The second-order valence-corrected chi connectivity index (χ2v) is 10.1. The van der Waals surface area contributed by atoms with Crippen molar-refractivity contribution in [1.29, 1.82) is 0 Å². The molecule has 4 rings (SSSR count). The van der Waals surface area contributed by atoms with Crippen LogP contribution in [0.15, 0.2) is 46.9 Å². The van der Waals surface area contributed by atoms with Crippen molar-refractivity contribution in [2.24, 2.45) is 0 Å². The summed E-state index contributed by atoms with van der Waals surface area (Å²) in [4.78, 5) is 26.4. The van der Waals surface area contributed by atoms with Gasteiger partial charge >= 0.3 is 18.1 Å². The lowest BCUT2D eigenvalue weighted by atomic mass is 9.64. The van der Waals surface area contributed by atoms with E-state index < -0.39 is 29.0 Å². The molecule has 9 heteroatoms. The monoisotopic (exact) mass is 555 g/mol. The zero-order valence-electron chi connectivity index (χ0n) is 18.5. The number of carbonyl (C=O) groups excluding carboxylic acids is 2. The van der Waals surface area contributed by atoms with E-state index in [1.165, 1.54) is 24.3 Å². The summed E-state index contributed by atoms with van der Waals surface area (Å²) in [6.07, 6.45) is -2.54. The number of ether oxygens (including phenoxy) is 1. The number of halogens is 5. The van der Waals surface area contributed by atoms with Crippen LogP contribution in [-0.2, 0) is 19.7 Å². The molecule has 0 radical (unpaired) electrons. The van der Waals surface area contributed by atoms with Crippen molar-refractivity contribution in [2.45, 2.75) is 49.7 Å². The van der Waals surface area contributed by atoms with E-state index in [0.717, 1.165) is 28.3 Å². The van der Waals surface area contributed by atoms with Gasteiger partial charge in [0.1, 0.15) is 5.54 Å². The van der Waals surface area contributed by atoms with Crippen LogP contribution < -0.4 is 4.90 Å². The van der Waals surface area contributed by atoms with Crippen LogP contribution in [0.5, 0.6) is 0 Å². The summed E-state index contributed by atoms with van der Waals surface area (Å²) in [6.45, 7) is 1.99. The van der Waals surface area contributed by atoms with Crippen molar-refractivity contribution in [1.82, 2.24) is 0 Å². The summed E-state index contributed by atoms with van der Waals surface area (Å²) in [5.41, 5.74) is 0.762. The molecule has 4 nitrogen and oxygen atoms in total. The van der Waals surface area contributed by atoms with Gasteiger partial charge in [-0.3, -0.25) is 9.69 Å². The lowest BCUT2D eigenvalue weighted by molar-refractivity contribution is -0.174. The highest BCUT2D eigenvalue weighted by Crippen LogP contribution is 2.56. The van der Waals surface area contributed by atoms with Gasteiger partial charge in [-0.05, 0) is 68.0 Å². The van der Waals surface area contributed by atoms with Gasteiger partial charge in [0.25, 0.3) is 0 Å². The molecule has 1 spiro atoms. The number of methoxy groups -OCH3 is 1. The summed E-state index contributed by atoms with van der Waals surface area (Å²) in [5, 5.41) is 0.149. The molecule has 0 atom stereocenters. The highest BCUT2D eigenvalue weighted by atomic mass is 79.9. The Morgan fingerprint density at radius 1 is 1.09 bits per heavy atom. The van der Waals surface area contributed by atoms with E-state index >= 15 is 0 Å². The molecule has 0 aliphatic heterocycles. The van der Waals surface area contributed by atoms with Crippen molar-refractivity contribution >= 4 is 51.2 Å². The molecular formula is C25H22BrClF3NO3. The van der Waals surface area contributed by atoms with E-state index in [2.05, 4.69) is 22.0 Å². The molecule has 2 aliphatic carbocycles. The molecule has 34 heavy (non-hydrogen) atoms. The zero-order valence-corrected chi connectivity index (χ0v) is 20.9. The third kappa shape index (κ3) is 3.94. The maximum absolute atomic E-state index is 13.8. The Morgan fingerprint density at radius 2 is 1.76 bits per heavy atom. The standard InChI is InChI=1S/C25H22BrClF3NO3/c1-15-6-7-19-16(12-15)13-20(26)23(19)8-10-24(11-9-23,22(33)34-2)31(21(32)25(28,29)30)18-5-3-4-17(27)14-18/h3-7,12-14H,8-11H2,1-2H3. The number of anilines is 1. The second kappa shape index (κ2) is 8.72. The molecule has 2 aromatic carbocycles. The first kappa shape index (κ1) is 24.8. The summed E-state index contributed by atoms with van der Waals surface area (Å²) in [6, 6.07) is 11.6. The van der Waals surface area contributed by atoms with Gasteiger partial charge in [0.05, 0.1) is 7.11 Å². The van der Waals surface area contributed by atoms with Gasteiger partial charge < -0.3 is 4.74 Å². The number of aryl methyl sites for hydroxylation is 1. The molecular weight excluding hydrogens is 535 g/mol. The first-order chi connectivity index (χ1) is 15.9. The maximum Gasteiger partial charge on any atom is 0.471 e. The number of alkyl halides is 3. The minimum Gasteiger partial charge on any atom is -0.467 e. The molecule has 1 fully saturated rings. The first-order valence-electron chi connectivity index (χ1n) is 10.7. The predicted molar refractivity (Wildman–Crippen MR) is 128 cm³/mol. The number of fused-ring (bicyclic) bond motifs is 2. The molecule has 0 bridgehead atoms. The molecule has 0 heterocycles. The number of rotatable bonds is 3. The second-order valence-electron chi connectivity index (χ2n) is 8.81. The number of carbonyl (C=O) groups is 2. The molecule has 0 aromatic heterocycles. The van der Waals surface area contributed by atoms with E-state index in [0.29, 0.717) is 17.7 Å². The highest BCUT2D eigenvalue weighted by molar-refractivity contribution is 9.11. The Hall–Kier alpha value is -2.32. The van der Waals surface area contributed by atoms with Gasteiger partial charge in [0.2, 0.25) is 0 Å². The fourth-order valence-corrected chi connectivity index (χ4v) is 6.29. The predicted octanol–water partition coefficient (Wildman–Crippen LogP) is 6.72. The smallest absolute Gasteiger partial charge is 0.467 e. The SMILES string of the molecule is COC(=O)C1(N(C(=O)C(F)(F)F)c2cccc(Cl)c2)CCC2(CC1)C(Br)=Cc1cc(C)ccc12. The van der Waals surface area contributed by atoms with E-state index in [1.54, 1.807) is 0 Å². The van der Waals surface area contributed by atoms with E-state index in [4.69, 9.17) is 16.3 Å². The zero-order chi connectivity index (χ0) is 24.9. The first-order valence-corrected chi connectivity index (χ1v) is 11.9. The summed E-state index contributed by atoms with van der Waals surface area (Å²) < 4.78 is 47.2. The van der Waals surface area contributed by atoms with Crippen LogP contribution in [0.2, 0.25) is 5.02 Å². The third-order valence-corrected chi connectivity index (χ3v) is 8.12. The summed E-state index contributed by atoms with van der Waals surface area (Å²) >= 11 is 9.72. The van der Waals surface area contributed by atoms with Crippen LogP contribution in [-0.4, -0.2) is 30.7 Å². The fraction of sp³-hybridized carbons (Fsp3) is 0.360. The van der Waals surface area contributed by atoms with Gasteiger partial charge in [-0.2, -0.15) is 13.2 Å². The lowest BCUT2D eigenvalue weighted by Gasteiger charge is -2.49. The Kier molecular flexibility index (Phi) is 6.36. The highest BCUT2D eigenvalue weighted by Gasteiger charge is 2.59. The molecule has 0 N–H and O–H groups in total. The van der Waals surface area contributed by atoms with Crippen molar-refractivity contribution in [3.05, 3.63) is 68.7 Å². The van der Waals surface area contributed by atoms with Gasteiger partial charge in [-0.15, -0.1) is 0 Å². The van der Waals surface area contributed by atoms with Gasteiger partial charge in [0, 0.05) is 20.6 Å². The van der Waals surface area contributed by atoms with Crippen LogP contribution in [0.3, 0.4) is 0 Å². The van der Waals surface area contributed by atoms with Gasteiger partial charge in [-0.25, -0.2) is 4.79 Å². The molecule has 2 aliphatic rings. The number of benzene rings is 2. The average molecular weight is 557 g/mol. The van der Waals surface area contributed by atoms with E-state index in [-0.39, 0.29) is 23.6 Å². The van der Waals surface area contributed by atoms with Crippen LogP contribution in [0.1, 0.15) is 42.4 Å². The fourth-order valence-electron chi connectivity index (χ4n) is 5.25. The minimum atomic E-state index is -5.20. The van der Waals surface area contributed by atoms with Crippen LogP contribution >= 0.6 is 27.5 Å². The van der Waals surface area contributed by atoms with Crippen molar-refractivity contribution in [2.75, 3.05) is 12.0 Å². The maximum atomic E-state index is 13.8. The number of hydrogen-bond donors (Lipinski definition) is 0. The Bertz CT molecular complexity index is 1190. The van der Waals surface area contributed by atoms with E-state index in [1.807, 2.05) is 25.1 Å². The van der Waals surface area contributed by atoms with Crippen molar-refractivity contribution < 1.29 is 27.5 Å². The normalized spacial score (nSPS) is 23.9. The number of hydrogen-bond acceptors (Lipinski definition) is 3. The third-order valence-electron chi connectivity index (χ3n) is 6.90. The molecule has 180 valence electrons. The van der Waals surface area contributed by atoms with Crippen LogP contribution in [0.4, 0.5) is 18.9 Å². The minimum absolute atomic E-state index is 0.0235. The van der Waals surface area contributed by atoms with Crippen molar-refractivity contribution in [3.63, 3.8) is 0 Å². The van der Waals surface area contributed by atoms with Gasteiger partial charge in [0.15, 0.2) is 0 Å². The quantitative estimate of drug-likeness (QED) is 0.395. The van der Waals surface area contributed by atoms with Crippen LogP contribution in [0.25, 0.3) is 6.08 Å². The molecule has 2 aromatic rings. The summed E-state index contributed by atoms with van der Waals surface area (Å²) in [7, 11) is 1.12. The molecule has 0 saturated heterocycles. The summed E-state index contributed by atoms with van der Waals surface area (Å²) in [5.74, 6) is -3.02. The number of esters is 1. The molecule has 1 saturated carbocycles. The number of amides is 1. The molecule has 1 amide bonds. The molecule has 0 unspecified atom stereocenters. The Labute approximate surface area is 208 Å². The average Bonchev–Trinajstić information content (AvgIpc) is 3.04. The topological polar surface area (TPSA) is 46.6 Å². The lowest BCUT2D eigenvalue weighted by Crippen LogP contribution is -2.63. The van der Waals surface area contributed by atoms with Crippen LogP contribution in [0, 0.1) is 6.92 Å². The Balaban J connectivity index is 1.81. The van der Waals surface area contributed by atoms with Gasteiger partial charge in [-0.1, -0.05) is 57.4 Å². The largest absolute Gasteiger partial charge is 0.471 e. The van der Waals surface area contributed by atoms with Crippen molar-refractivity contribution in [3.8, 4) is 0 Å². The Morgan fingerprint density at radius 3 is 2.35 bits per heavy atom. The van der Waals surface area contributed by atoms with E-state index in [9.17, 15) is 22.8 Å². The number of allylic oxidation sites excluding steroid dienone is 1. The number of nitrogens with zero attached hydrogens (tertiary/aromatic N) is 1.